The lowest BCUT2D eigenvalue weighted by atomic mass is 10.0. The van der Waals surface area contributed by atoms with E-state index in [1.54, 1.807) is 21.6 Å². The van der Waals surface area contributed by atoms with Crippen molar-refractivity contribution >= 4 is 57.7 Å². The Morgan fingerprint density at radius 1 is 1.41 bits per heavy atom. The molecule has 1 saturated heterocycles. The van der Waals surface area contributed by atoms with Crippen LogP contribution in [0.2, 0.25) is 0 Å². The first-order valence-electron chi connectivity index (χ1n) is 10.8. The van der Waals surface area contributed by atoms with Gasteiger partial charge < -0.3 is 31.8 Å². The van der Waals surface area contributed by atoms with E-state index in [1.807, 2.05) is 0 Å². The van der Waals surface area contributed by atoms with Gasteiger partial charge in [-0.15, -0.1) is 21.1 Å². The maximum absolute atomic E-state index is 13.0. The third-order valence-corrected chi connectivity index (χ3v) is 7.30. The van der Waals surface area contributed by atoms with E-state index in [9.17, 15) is 29.0 Å². The van der Waals surface area contributed by atoms with Gasteiger partial charge >= 0.3 is 5.97 Å². The Hall–Kier alpha value is -3.77. The topological polar surface area (TPSA) is 215 Å². The van der Waals surface area contributed by atoms with Crippen LogP contribution in [0.3, 0.4) is 0 Å². The van der Waals surface area contributed by atoms with E-state index in [0.29, 0.717) is 11.4 Å². The summed E-state index contributed by atoms with van der Waals surface area (Å²) in [5.74, 6) is -2.31. The number of anilines is 2. The highest BCUT2D eigenvalue weighted by molar-refractivity contribution is 8.00. The van der Waals surface area contributed by atoms with Gasteiger partial charge in [-0.2, -0.15) is 9.36 Å². The molecule has 2 aliphatic rings. The van der Waals surface area contributed by atoms with Crippen molar-refractivity contribution in [1.29, 1.82) is 0 Å². The third-order valence-electron chi connectivity index (χ3n) is 5.42. The van der Waals surface area contributed by atoms with E-state index >= 15 is 0 Å². The van der Waals surface area contributed by atoms with Crippen molar-refractivity contribution < 1.29 is 38.5 Å². The number of carbonyl (C=O) groups excluding carboxylic acids is 2. The Labute approximate surface area is 216 Å². The Morgan fingerprint density at radius 3 is 2.84 bits per heavy atom. The number of hydrogen-bond donors (Lipinski definition) is 5. The van der Waals surface area contributed by atoms with E-state index in [-0.39, 0.29) is 42.1 Å². The van der Waals surface area contributed by atoms with Crippen LogP contribution in [-0.4, -0.2) is 89.7 Å². The molecule has 37 heavy (non-hydrogen) atoms. The number of aliphatic hydroxyl groups is 1. The number of amides is 2. The van der Waals surface area contributed by atoms with E-state index in [1.165, 1.54) is 11.8 Å². The summed E-state index contributed by atoms with van der Waals surface area (Å²) in [7, 11) is 0. The van der Waals surface area contributed by atoms with Crippen LogP contribution >= 0.6 is 23.3 Å². The summed E-state index contributed by atoms with van der Waals surface area (Å²) in [6, 6.07) is 0.564. The first kappa shape index (κ1) is 26.3. The van der Waals surface area contributed by atoms with Crippen LogP contribution in [0.4, 0.5) is 15.3 Å². The summed E-state index contributed by atoms with van der Waals surface area (Å²) in [6.07, 6.45) is 1.65. The molecular weight excluding hydrogens is 533 g/mol. The van der Waals surface area contributed by atoms with E-state index < -0.39 is 48.2 Å². The lowest BCUT2D eigenvalue weighted by molar-refractivity contribution is -0.767. The maximum Gasteiger partial charge on any atom is 0.352 e. The van der Waals surface area contributed by atoms with Crippen molar-refractivity contribution in [2.75, 3.05) is 37.1 Å². The van der Waals surface area contributed by atoms with Gasteiger partial charge in [-0.25, -0.2) is 9.18 Å². The van der Waals surface area contributed by atoms with Crippen LogP contribution in [0.15, 0.2) is 28.7 Å². The lowest BCUT2D eigenvalue weighted by Crippen LogP contribution is -2.71. The number of aromatic nitrogens is 4. The number of nitrogens with two attached hydrogens (primary N) is 2. The second-order valence-corrected chi connectivity index (χ2v) is 9.61. The quantitative estimate of drug-likeness (QED) is 0.0665. The van der Waals surface area contributed by atoms with Crippen LogP contribution in [0, 0.1) is 0 Å². The Morgan fingerprint density at radius 2 is 2.19 bits per heavy atom. The molecule has 0 spiro atoms. The number of alkyl halides is 1. The zero-order chi connectivity index (χ0) is 26.7. The van der Waals surface area contributed by atoms with Crippen LogP contribution in [0.25, 0.3) is 0 Å². The molecule has 198 valence electrons. The standard InChI is InChI=1S/C19H22FN9O6S2/c20-2-6-35-25-11(14-24-19(22)37-26-14)15(31)23-12-16(32)29-13(18(33)34)9(8-36-17(12)29)7-27-3-1-10(21)28(27)4-5-30/h1,3,12,17,21,30H,2,4-8H2,(H4,22,23,24,26,31,33,34)/p+1/t12-,17-/m1/s1. The van der Waals surface area contributed by atoms with Crippen molar-refractivity contribution in [3.8, 4) is 0 Å². The molecule has 2 aliphatic heterocycles. The molecule has 2 amide bonds. The molecule has 0 radical (unpaired) electrons. The smallest absolute Gasteiger partial charge is 0.352 e. The number of nitrogens with zero attached hydrogens (tertiary/aromatic N) is 6. The van der Waals surface area contributed by atoms with Crippen molar-refractivity contribution in [3.63, 3.8) is 0 Å². The lowest BCUT2D eigenvalue weighted by Gasteiger charge is -2.49. The monoisotopic (exact) mass is 556 g/mol. The summed E-state index contributed by atoms with van der Waals surface area (Å²) < 4.78 is 19.6. The number of oxime groups is 1. The predicted octanol–water partition coefficient (Wildman–Crippen LogP) is -2.09. The first-order valence-corrected chi connectivity index (χ1v) is 12.6. The number of aliphatic hydroxyl groups excluding tert-OH is 1. The normalized spacial score (nSPS) is 19.5. The number of rotatable bonds is 11. The molecule has 7 N–H and O–H groups in total. The zero-order valence-corrected chi connectivity index (χ0v) is 20.7. The number of hydrogen-bond acceptors (Lipinski definition) is 12. The first-order chi connectivity index (χ1) is 17.8. The molecule has 0 aromatic carbocycles. The van der Waals surface area contributed by atoms with Gasteiger partial charge in [-0.1, -0.05) is 5.16 Å². The van der Waals surface area contributed by atoms with Gasteiger partial charge in [0.15, 0.2) is 23.7 Å². The number of halogens is 1. The van der Waals surface area contributed by atoms with E-state index in [0.717, 1.165) is 16.4 Å². The van der Waals surface area contributed by atoms with Gasteiger partial charge in [0.2, 0.25) is 11.5 Å². The molecule has 0 saturated carbocycles. The molecule has 15 nitrogen and oxygen atoms in total. The molecule has 2 atom stereocenters. The highest BCUT2D eigenvalue weighted by Gasteiger charge is 2.55. The highest BCUT2D eigenvalue weighted by atomic mass is 32.2. The van der Waals surface area contributed by atoms with Gasteiger partial charge in [0.25, 0.3) is 11.8 Å². The Bertz CT molecular complexity index is 1280. The van der Waals surface area contributed by atoms with Gasteiger partial charge in [0.05, 0.1) is 12.7 Å². The minimum absolute atomic E-state index is 0.0586. The summed E-state index contributed by atoms with van der Waals surface area (Å²) in [6.45, 7) is -1.09. The maximum atomic E-state index is 13.0. The van der Waals surface area contributed by atoms with Gasteiger partial charge in [-0.05, 0) is 0 Å². The molecular formula is C19H23FN9O6S2+. The number of thioether (sulfide) groups is 1. The molecule has 0 unspecified atom stereocenters. The van der Waals surface area contributed by atoms with Crippen LogP contribution < -0.4 is 21.5 Å². The predicted molar refractivity (Wildman–Crippen MR) is 129 cm³/mol. The summed E-state index contributed by atoms with van der Waals surface area (Å²) in [5, 5.41) is 24.7. The summed E-state index contributed by atoms with van der Waals surface area (Å²) in [5.41, 5.74) is 11.4. The molecule has 2 aromatic rings. The summed E-state index contributed by atoms with van der Waals surface area (Å²) in [4.78, 5) is 47.8. The van der Waals surface area contributed by atoms with Crippen molar-refractivity contribution in [1.82, 2.24) is 24.3 Å². The molecule has 0 bridgehead atoms. The molecule has 0 aliphatic carbocycles. The van der Waals surface area contributed by atoms with Crippen LogP contribution in [-0.2, 0) is 32.3 Å². The van der Waals surface area contributed by atoms with E-state index in [4.69, 9.17) is 16.3 Å². The molecule has 18 heteroatoms. The summed E-state index contributed by atoms with van der Waals surface area (Å²) >= 11 is 2.08. The van der Waals surface area contributed by atoms with E-state index in [2.05, 4.69) is 19.8 Å². The average molecular weight is 557 g/mol. The number of carboxylic acids is 1. The largest absolute Gasteiger partial charge is 0.477 e. The fourth-order valence-corrected chi connectivity index (χ4v) is 5.61. The molecule has 4 rings (SSSR count). The van der Waals surface area contributed by atoms with Gasteiger partial charge in [-0.3, -0.25) is 14.5 Å². The fourth-order valence-electron chi connectivity index (χ4n) is 3.84. The molecule has 2 aromatic heterocycles. The van der Waals surface area contributed by atoms with Crippen molar-refractivity contribution in [2.24, 2.45) is 5.16 Å². The van der Waals surface area contributed by atoms with Gasteiger partial charge in [0, 0.05) is 22.9 Å². The van der Waals surface area contributed by atoms with Crippen LogP contribution in [0.1, 0.15) is 5.82 Å². The number of carbonyl (C=O) groups is 3. The minimum Gasteiger partial charge on any atom is -0.477 e. The number of β-lactam (4-membered cyclic amide) rings is 1. The molecule has 1 fully saturated rings. The second-order valence-electron chi connectivity index (χ2n) is 7.72. The fraction of sp³-hybridized carbons (Fsp3) is 0.421. The highest BCUT2D eigenvalue weighted by Crippen LogP contribution is 2.40. The minimum atomic E-state index is -1.30. The molecule has 4 heterocycles. The Balaban J connectivity index is 1.53. The number of aliphatic carboxylic acids is 1. The van der Waals surface area contributed by atoms with Crippen molar-refractivity contribution in [3.05, 3.63) is 29.4 Å². The average Bonchev–Trinajstić information content (AvgIpc) is 3.45. The second kappa shape index (κ2) is 11.1. The van der Waals surface area contributed by atoms with Gasteiger partial charge in [0.1, 0.15) is 36.9 Å². The number of carboxylic acid groups (broad SMARTS) is 1. The number of nitrogens with one attached hydrogen (secondary N) is 1. The van der Waals surface area contributed by atoms with Crippen molar-refractivity contribution in [2.45, 2.75) is 24.5 Å². The third kappa shape index (κ3) is 5.20. The van der Waals surface area contributed by atoms with Crippen LogP contribution in [0.5, 0.6) is 0 Å². The zero-order valence-electron chi connectivity index (χ0n) is 19.1. The Kier molecular flexibility index (Phi) is 7.89. The SMILES string of the molecule is Nc1nc(C(=NOCCF)C(=O)N[C@@H]2C(=O)N3C(C(=O)O)=C(C[n+]4ccc(N)n4CCO)CS[C@H]23)ns1. The number of fused-ring (bicyclic) bond motifs is 1. The number of nitrogen functional groups attached to an aromatic ring is 2.